The van der Waals surface area contributed by atoms with Gasteiger partial charge in [0.15, 0.2) is 0 Å². The molecule has 0 unspecified atom stereocenters. The zero-order valence-electron chi connectivity index (χ0n) is 8.90. The zero-order chi connectivity index (χ0) is 11.5. The van der Waals surface area contributed by atoms with E-state index >= 15 is 0 Å². The summed E-state index contributed by atoms with van der Waals surface area (Å²) >= 11 is 0. The van der Waals surface area contributed by atoms with E-state index in [-0.39, 0.29) is 6.03 Å². The Hall–Kier alpha value is -2.08. The summed E-state index contributed by atoms with van der Waals surface area (Å²) < 4.78 is 0. The lowest BCUT2D eigenvalue weighted by Gasteiger charge is -2.15. The van der Waals surface area contributed by atoms with Crippen LogP contribution in [0.2, 0.25) is 0 Å². The highest BCUT2D eigenvalue weighted by atomic mass is 16.2. The highest BCUT2D eigenvalue weighted by molar-refractivity contribution is 5.76. The number of nitrogens with zero attached hydrogens (tertiary/aromatic N) is 2. The van der Waals surface area contributed by atoms with Crippen LogP contribution in [0.15, 0.2) is 24.5 Å². The number of hydrazine groups is 1. The SMILES string of the molecule is CN(Cc1ccc2nc[nH]c2c1)C(=O)NN. The van der Waals surface area contributed by atoms with Gasteiger partial charge in [0.05, 0.1) is 17.4 Å². The molecule has 84 valence electrons. The van der Waals surface area contributed by atoms with Crippen molar-refractivity contribution in [3.8, 4) is 0 Å². The molecule has 6 nitrogen and oxygen atoms in total. The fraction of sp³-hybridized carbons (Fsp3) is 0.200. The predicted molar refractivity (Wildman–Crippen MR) is 60.3 cm³/mol. The Bertz CT molecular complexity index is 507. The minimum Gasteiger partial charge on any atom is -0.345 e. The van der Waals surface area contributed by atoms with Gasteiger partial charge in [0.25, 0.3) is 0 Å². The molecular weight excluding hydrogens is 206 g/mol. The van der Waals surface area contributed by atoms with Gasteiger partial charge < -0.3 is 9.88 Å². The van der Waals surface area contributed by atoms with Gasteiger partial charge in [-0.05, 0) is 17.7 Å². The van der Waals surface area contributed by atoms with Crippen molar-refractivity contribution < 1.29 is 4.79 Å². The first-order valence-corrected chi connectivity index (χ1v) is 4.84. The minimum absolute atomic E-state index is 0.315. The average molecular weight is 219 g/mol. The van der Waals surface area contributed by atoms with Gasteiger partial charge in [-0.25, -0.2) is 15.6 Å². The molecule has 0 bridgehead atoms. The molecule has 0 saturated carbocycles. The van der Waals surface area contributed by atoms with Crippen molar-refractivity contribution in [1.29, 1.82) is 0 Å². The van der Waals surface area contributed by atoms with Crippen molar-refractivity contribution in [3.63, 3.8) is 0 Å². The van der Waals surface area contributed by atoms with Crippen LogP contribution in [0.4, 0.5) is 4.79 Å². The third kappa shape index (κ3) is 1.96. The van der Waals surface area contributed by atoms with Crippen LogP contribution < -0.4 is 11.3 Å². The van der Waals surface area contributed by atoms with E-state index in [1.54, 1.807) is 13.4 Å². The van der Waals surface area contributed by atoms with E-state index in [9.17, 15) is 4.79 Å². The molecule has 2 aromatic rings. The van der Waals surface area contributed by atoms with E-state index in [4.69, 9.17) is 5.84 Å². The number of aromatic amines is 1. The number of imidazole rings is 1. The molecule has 1 aromatic carbocycles. The summed E-state index contributed by atoms with van der Waals surface area (Å²) in [5, 5.41) is 0. The van der Waals surface area contributed by atoms with Gasteiger partial charge >= 0.3 is 6.03 Å². The Labute approximate surface area is 92.4 Å². The summed E-state index contributed by atoms with van der Waals surface area (Å²) in [6, 6.07) is 5.49. The number of hydrogen-bond donors (Lipinski definition) is 3. The number of amides is 2. The van der Waals surface area contributed by atoms with Crippen LogP contribution in [0.5, 0.6) is 0 Å². The first-order chi connectivity index (χ1) is 7.70. The van der Waals surface area contributed by atoms with Crippen molar-refractivity contribution in [2.24, 2.45) is 5.84 Å². The van der Waals surface area contributed by atoms with E-state index < -0.39 is 0 Å². The molecule has 0 radical (unpaired) electrons. The van der Waals surface area contributed by atoms with Crippen LogP contribution in [-0.4, -0.2) is 27.9 Å². The largest absolute Gasteiger partial charge is 0.345 e. The molecule has 1 heterocycles. The van der Waals surface area contributed by atoms with E-state index in [0.717, 1.165) is 16.6 Å². The van der Waals surface area contributed by atoms with Gasteiger partial charge in [0.1, 0.15) is 0 Å². The predicted octanol–water partition coefficient (Wildman–Crippen LogP) is 0.578. The van der Waals surface area contributed by atoms with E-state index in [1.165, 1.54) is 4.90 Å². The summed E-state index contributed by atoms with van der Waals surface area (Å²) in [7, 11) is 1.68. The number of fused-ring (bicyclic) bond motifs is 1. The molecule has 0 saturated heterocycles. The maximum absolute atomic E-state index is 11.2. The first-order valence-electron chi connectivity index (χ1n) is 4.84. The summed E-state index contributed by atoms with van der Waals surface area (Å²) in [5.41, 5.74) is 4.97. The smallest absolute Gasteiger partial charge is 0.331 e. The molecule has 16 heavy (non-hydrogen) atoms. The lowest BCUT2D eigenvalue weighted by atomic mass is 10.2. The molecule has 2 rings (SSSR count). The number of hydrogen-bond acceptors (Lipinski definition) is 3. The first kappa shape index (κ1) is 10.4. The number of nitrogens with one attached hydrogen (secondary N) is 2. The number of H-pyrrole nitrogens is 1. The molecule has 4 N–H and O–H groups in total. The number of carbonyl (C=O) groups is 1. The lowest BCUT2D eigenvalue weighted by molar-refractivity contribution is 0.207. The summed E-state index contributed by atoms with van der Waals surface area (Å²) in [6.07, 6.45) is 1.64. The average Bonchev–Trinajstić information content (AvgIpc) is 2.75. The molecule has 0 aliphatic carbocycles. The highest BCUT2D eigenvalue weighted by Gasteiger charge is 2.07. The van der Waals surface area contributed by atoms with Gasteiger partial charge in [0, 0.05) is 13.6 Å². The molecular formula is C10H13N5O. The van der Waals surface area contributed by atoms with Crippen LogP contribution >= 0.6 is 0 Å². The number of rotatable bonds is 2. The second-order valence-corrected chi connectivity index (χ2v) is 3.56. The third-order valence-corrected chi connectivity index (χ3v) is 2.37. The molecule has 0 spiro atoms. The number of urea groups is 1. The number of nitrogens with two attached hydrogens (primary N) is 1. The van der Waals surface area contributed by atoms with Gasteiger partial charge in [-0.3, -0.25) is 5.43 Å². The monoisotopic (exact) mass is 219 g/mol. The van der Waals surface area contributed by atoms with Gasteiger partial charge in [-0.15, -0.1) is 0 Å². The van der Waals surface area contributed by atoms with Crippen molar-refractivity contribution >= 4 is 17.1 Å². The molecule has 0 aliphatic rings. The normalized spacial score (nSPS) is 10.4. The lowest BCUT2D eigenvalue weighted by Crippen LogP contribution is -2.40. The second-order valence-electron chi connectivity index (χ2n) is 3.56. The van der Waals surface area contributed by atoms with Gasteiger partial charge in [-0.1, -0.05) is 6.07 Å². The van der Waals surface area contributed by atoms with Crippen molar-refractivity contribution in [1.82, 2.24) is 20.3 Å². The standard InChI is InChI=1S/C10H13N5O/c1-15(10(16)14-11)5-7-2-3-8-9(4-7)13-6-12-8/h2-4,6H,5,11H2,1H3,(H,12,13)(H,14,16). The Morgan fingerprint density at radius 2 is 2.44 bits per heavy atom. The highest BCUT2D eigenvalue weighted by Crippen LogP contribution is 2.12. The Kier molecular flexibility index (Phi) is 2.74. The number of aromatic nitrogens is 2. The van der Waals surface area contributed by atoms with Crippen LogP contribution in [0, 0.1) is 0 Å². The fourth-order valence-electron chi connectivity index (χ4n) is 1.54. The van der Waals surface area contributed by atoms with Crippen molar-refractivity contribution in [3.05, 3.63) is 30.1 Å². The Balaban J connectivity index is 2.17. The van der Waals surface area contributed by atoms with Crippen molar-refractivity contribution in [2.45, 2.75) is 6.54 Å². The molecule has 0 aliphatic heterocycles. The van der Waals surface area contributed by atoms with Crippen LogP contribution in [0.1, 0.15) is 5.56 Å². The van der Waals surface area contributed by atoms with Crippen LogP contribution in [0.25, 0.3) is 11.0 Å². The molecule has 6 heteroatoms. The Morgan fingerprint density at radius 3 is 3.19 bits per heavy atom. The van der Waals surface area contributed by atoms with E-state index in [1.807, 2.05) is 18.2 Å². The third-order valence-electron chi connectivity index (χ3n) is 2.37. The Morgan fingerprint density at radius 1 is 1.62 bits per heavy atom. The van der Waals surface area contributed by atoms with E-state index in [2.05, 4.69) is 15.4 Å². The molecule has 2 amide bonds. The number of carbonyl (C=O) groups excluding carboxylic acids is 1. The zero-order valence-corrected chi connectivity index (χ0v) is 8.90. The van der Waals surface area contributed by atoms with Crippen molar-refractivity contribution in [2.75, 3.05) is 7.05 Å². The molecule has 0 fully saturated rings. The second kappa shape index (κ2) is 4.19. The summed E-state index contributed by atoms with van der Waals surface area (Å²) in [6.45, 7) is 0.498. The summed E-state index contributed by atoms with van der Waals surface area (Å²) in [4.78, 5) is 19.8. The van der Waals surface area contributed by atoms with Gasteiger partial charge in [-0.2, -0.15) is 0 Å². The maximum atomic E-state index is 11.2. The fourth-order valence-corrected chi connectivity index (χ4v) is 1.54. The number of benzene rings is 1. The van der Waals surface area contributed by atoms with Gasteiger partial charge in [0.2, 0.25) is 0 Å². The molecule has 1 aromatic heterocycles. The quantitative estimate of drug-likeness (QED) is 0.392. The summed E-state index contributed by atoms with van der Waals surface area (Å²) in [5.74, 6) is 5.04. The van der Waals surface area contributed by atoms with Crippen LogP contribution in [0.3, 0.4) is 0 Å². The molecule has 0 atom stereocenters. The minimum atomic E-state index is -0.315. The van der Waals surface area contributed by atoms with E-state index in [0.29, 0.717) is 6.54 Å². The topological polar surface area (TPSA) is 87.0 Å². The maximum Gasteiger partial charge on any atom is 0.331 e. The van der Waals surface area contributed by atoms with Crippen LogP contribution in [-0.2, 0) is 6.54 Å².